The van der Waals surface area contributed by atoms with Crippen LogP contribution in [0.15, 0.2) is 31.1 Å². The van der Waals surface area contributed by atoms with Gasteiger partial charge < -0.3 is 15.2 Å². The molecule has 2 aliphatic rings. The van der Waals surface area contributed by atoms with Gasteiger partial charge in [-0.15, -0.1) is 0 Å². The first-order valence-corrected chi connectivity index (χ1v) is 13.1. The minimum atomic E-state index is 0.0258. The number of anilines is 1. The van der Waals surface area contributed by atoms with E-state index >= 15 is 0 Å². The summed E-state index contributed by atoms with van der Waals surface area (Å²) < 4.78 is 2.13. The van der Waals surface area contributed by atoms with E-state index in [0.717, 1.165) is 72.7 Å². The number of halogens is 1. The topological polar surface area (TPSA) is 93.2 Å². The molecule has 0 atom stereocenters. The zero-order valence-electron chi connectivity index (χ0n) is 21.5. The Balaban J connectivity index is 1.44. The molecule has 2 N–H and O–H groups in total. The van der Waals surface area contributed by atoms with E-state index in [2.05, 4.69) is 51.7 Å². The molecular formula is C28H32ClN7O. The summed E-state index contributed by atoms with van der Waals surface area (Å²) in [5, 5.41) is 1.38. The van der Waals surface area contributed by atoms with E-state index in [0.29, 0.717) is 16.9 Å². The summed E-state index contributed by atoms with van der Waals surface area (Å²) in [6.07, 6.45) is 4.88. The second kappa shape index (κ2) is 10.2. The average Bonchev–Trinajstić information content (AvgIpc) is 3.20. The molecule has 0 radical (unpaired) electrons. The first kappa shape index (κ1) is 25.2. The van der Waals surface area contributed by atoms with Crippen molar-refractivity contribution in [2.24, 2.45) is 5.92 Å². The lowest BCUT2D eigenvalue weighted by atomic mass is 9.93. The number of nitrogens with two attached hydrogens (primary N) is 1. The van der Waals surface area contributed by atoms with Gasteiger partial charge in [-0.3, -0.25) is 14.7 Å². The van der Waals surface area contributed by atoms with Gasteiger partial charge >= 0.3 is 0 Å². The smallest absolute Gasteiger partial charge is 0.245 e. The average molecular weight is 518 g/mol. The molecule has 1 amide bonds. The highest BCUT2D eigenvalue weighted by Gasteiger charge is 2.34. The van der Waals surface area contributed by atoms with E-state index in [1.807, 2.05) is 24.0 Å². The van der Waals surface area contributed by atoms with Crippen molar-refractivity contribution in [1.29, 1.82) is 0 Å². The van der Waals surface area contributed by atoms with Gasteiger partial charge in [-0.1, -0.05) is 24.1 Å². The highest BCUT2D eigenvalue weighted by Crippen LogP contribution is 2.38. The van der Waals surface area contributed by atoms with Crippen LogP contribution in [0.2, 0.25) is 5.02 Å². The van der Waals surface area contributed by atoms with Crippen molar-refractivity contribution in [2.75, 3.05) is 31.9 Å². The monoisotopic (exact) mass is 517 g/mol. The van der Waals surface area contributed by atoms with E-state index in [9.17, 15) is 4.79 Å². The van der Waals surface area contributed by atoms with Crippen LogP contribution in [0.5, 0.6) is 0 Å². The molecule has 8 nitrogen and oxygen atoms in total. The molecule has 0 saturated carbocycles. The molecular weight excluding hydrogens is 486 g/mol. The normalized spacial score (nSPS) is 17.1. The summed E-state index contributed by atoms with van der Waals surface area (Å²) in [6, 6.07) is 4.37. The quantitative estimate of drug-likeness (QED) is 0.414. The highest BCUT2D eigenvalue weighted by molar-refractivity contribution is 6.31. The summed E-state index contributed by atoms with van der Waals surface area (Å²) in [6.45, 7) is 13.2. The summed E-state index contributed by atoms with van der Waals surface area (Å²) in [5.41, 5.74) is 10.3. The SMILES string of the molecule is C=CC(=O)N1CCC(N2CC(C#Cc3c(-c4ccc(Cl)c(C)n4)c4c(N)ncnc4n3C(C)C)C2)CC1. The Bertz CT molecular complexity index is 1420. The maximum atomic E-state index is 11.9. The third-order valence-electron chi connectivity index (χ3n) is 7.38. The second-order valence-corrected chi connectivity index (χ2v) is 10.5. The fraction of sp³-hybridized carbons (Fsp3) is 0.429. The number of nitrogens with zero attached hydrogens (tertiary/aromatic N) is 6. The molecule has 0 spiro atoms. The molecule has 192 valence electrons. The van der Waals surface area contributed by atoms with Crippen molar-refractivity contribution in [2.45, 2.75) is 45.7 Å². The molecule has 37 heavy (non-hydrogen) atoms. The summed E-state index contributed by atoms with van der Waals surface area (Å²) in [5.74, 6) is 7.73. The highest BCUT2D eigenvalue weighted by atomic mass is 35.5. The molecule has 3 aromatic heterocycles. The van der Waals surface area contributed by atoms with Gasteiger partial charge in [-0.2, -0.15) is 0 Å². The second-order valence-electron chi connectivity index (χ2n) is 10.1. The molecule has 2 aliphatic heterocycles. The van der Waals surface area contributed by atoms with Gasteiger partial charge in [0.05, 0.1) is 21.8 Å². The van der Waals surface area contributed by atoms with Gasteiger partial charge in [0.1, 0.15) is 23.5 Å². The molecule has 5 rings (SSSR count). The number of piperidine rings is 1. The van der Waals surface area contributed by atoms with Gasteiger partial charge in [-0.05, 0) is 57.7 Å². The zero-order valence-corrected chi connectivity index (χ0v) is 22.3. The Morgan fingerprint density at radius 3 is 2.62 bits per heavy atom. The number of likely N-dealkylation sites (tertiary alicyclic amines) is 2. The number of aromatic nitrogens is 4. The summed E-state index contributed by atoms with van der Waals surface area (Å²) >= 11 is 6.28. The molecule has 2 saturated heterocycles. The Labute approximate surface area is 222 Å². The number of carbonyl (C=O) groups excluding carboxylic acids is 1. The standard InChI is InChI=1S/C28H32ClN7O/c1-5-24(37)34-12-10-20(11-13-34)35-14-19(15-35)6-9-23-25(22-8-7-21(29)18(4)33-22)26-27(30)31-16-32-28(26)36(23)17(2)3/h5,7-8,16-17,19-20H,1,10-15H2,2-4H3,(H2,30,31,32). The van der Waals surface area contributed by atoms with Crippen molar-refractivity contribution in [1.82, 2.24) is 29.3 Å². The van der Waals surface area contributed by atoms with Crippen LogP contribution in [0, 0.1) is 24.7 Å². The Kier molecular flexibility index (Phi) is 6.93. The van der Waals surface area contributed by atoms with Gasteiger partial charge in [0.2, 0.25) is 5.91 Å². The molecule has 0 aromatic carbocycles. The van der Waals surface area contributed by atoms with E-state index < -0.39 is 0 Å². The minimum Gasteiger partial charge on any atom is -0.383 e. The summed E-state index contributed by atoms with van der Waals surface area (Å²) in [4.78, 5) is 29.8. The Hall–Kier alpha value is -3.41. The van der Waals surface area contributed by atoms with Gasteiger partial charge in [0.25, 0.3) is 0 Å². The van der Waals surface area contributed by atoms with Crippen LogP contribution < -0.4 is 5.73 Å². The van der Waals surface area contributed by atoms with Crippen LogP contribution in [0.3, 0.4) is 0 Å². The van der Waals surface area contributed by atoms with Crippen molar-refractivity contribution < 1.29 is 4.79 Å². The van der Waals surface area contributed by atoms with Gasteiger partial charge in [0, 0.05) is 49.7 Å². The van der Waals surface area contributed by atoms with E-state index in [1.54, 1.807) is 0 Å². The van der Waals surface area contributed by atoms with Crippen molar-refractivity contribution >= 4 is 34.4 Å². The van der Waals surface area contributed by atoms with Crippen LogP contribution in [0.4, 0.5) is 5.82 Å². The molecule has 9 heteroatoms. The molecule has 3 aromatic rings. The number of hydrogen-bond donors (Lipinski definition) is 1. The van der Waals surface area contributed by atoms with Crippen LogP contribution in [0.1, 0.15) is 44.1 Å². The lowest BCUT2D eigenvalue weighted by Crippen LogP contribution is -2.55. The number of aryl methyl sites for hydroxylation is 1. The number of pyridine rings is 1. The maximum absolute atomic E-state index is 11.9. The number of rotatable bonds is 4. The molecule has 0 bridgehead atoms. The molecule has 5 heterocycles. The predicted octanol–water partition coefficient (Wildman–Crippen LogP) is 4.08. The first-order chi connectivity index (χ1) is 17.8. The zero-order chi connectivity index (χ0) is 26.3. The third kappa shape index (κ3) is 4.70. The predicted molar refractivity (Wildman–Crippen MR) is 147 cm³/mol. The number of nitrogen functional groups attached to an aromatic ring is 1. The van der Waals surface area contributed by atoms with Gasteiger partial charge in [-0.25, -0.2) is 9.97 Å². The largest absolute Gasteiger partial charge is 0.383 e. The van der Waals surface area contributed by atoms with Crippen LogP contribution >= 0.6 is 11.6 Å². The van der Waals surface area contributed by atoms with Crippen LogP contribution in [-0.2, 0) is 4.79 Å². The minimum absolute atomic E-state index is 0.0258. The summed E-state index contributed by atoms with van der Waals surface area (Å²) in [7, 11) is 0. The molecule has 0 unspecified atom stereocenters. The van der Waals surface area contributed by atoms with Crippen molar-refractivity contribution in [3.05, 3.63) is 47.5 Å². The number of fused-ring (bicyclic) bond motifs is 1. The number of hydrogen-bond acceptors (Lipinski definition) is 6. The van der Waals surface area contributed by atoms with Crippen molar-refractivity contribution in [3.8, 4) is 23.1 Å². The third-order valence-corrected chi connectivity index (χ3v) is 7.78. The van der Waals surface area contributed by atoms with E-state index in [1.165, 1.54) is 12.4 Å². The molecule has 0 aliphatic carbocycles. The Morgan fingerprint density at radius 2 is 1.97 bits per heavy atom. The van der Waals surface area contributed by atoms with Gasteiger partial charge in [0.15, 0.2) is 0 Å². The maximum Gasteiger partial charge on any atom is 0.245 e. The van der Waals surface area contributed by atoms with E-state index in [-0.39, 0.29) is 17.9 Å². The van der Waals surface area contributed by atoms with Crippen LogP contribution in [-0.4, -0.2) is 67.4 Å². The van der Waals surface area contributed by atoms with Crippen LogP contribution in [0.25, 0.3) is 22.3 Å². The van der Waals surface area contributed by atoms with Crippen molar-refractivity contribution in [3.63, 3.8) is 0 Å². The van der Waals surface area contributed by atoms with E-state index in [4.69, 9.17) is 22.3 Å². The molecule has 2 fully saturated rings. The number of carbonyl (C=O) groups is 1. The fourth-order valence-corrected chi connectivity index (χ4v) is 5.47. The lowest BCUT2D eigenvalue weighted by molar-refractivity contribution is -0.127. The Morgan fingerprint density at radius 1 is 1.24 bits per heavy atom. The number of amides is 1. The first-order valence-electron chi connectivity index (χ1n) is 12.7. The lowest BCUT2D eigenvalue weighted by Gasteiger charge is -2.45. The fourth-order valence-electron chi connectivity index (χ4n) is 5.37.